The molecule has 0 atom stereocenters. The highest BCUT2D eigenvalue weighted by Gasteiger charge is 2.09. The summed E-state index contributed by atoms with van der Waals surface area (Å²) in [6, 6.07) is 13.4. The lowest BCUT2D eigenvalue weighted by Crippen LogP contribution is -2.00. The fourth-order valence-electron chi connectivity index (χ4n) is 2.05. The van der Waals surface area contributed by atoms with Gasteiger partial charge in [0.2, 0.25) is 0 Å². The summed E-state index contributed by atoms with van der Waals surface area (Å²) in [5, 5.41) is 1.59. The van der Waals surface area contributed by atoms with Gasteiger partial charge in [0.25, 0.3) is 0 Å². The van der Waals surface area contributed by atoms with E-state index in [1.165, 1.54) is 0 Å². The van der Waals surface area contributed by atoms with E-state index in [0.29, 0.717) is 23.1 Å². The van der Waals surface area contributed by atoms with Crippen LogP contribution in [0.15, 0.2) is 53.1 Å². The van der Waals surface area contributed by atoms with Crippen molar-refractivity contribution in [3.63, 3.8) is 0 Å². The van der Waals surface area contributed by atoms with Gasteiger partial charge < -0.3 is 10.5 Å². The van der Waals surface area contributed by atoms with Crippen molar-refractivity contribution in [2.75, 3.05) is 5.73 Å². The average Bonchev–Trinajstić information content (AvgIpc) is 2.48. The van der Waals surface area contributed by atoms with Crippen molar-refractivity contribution in [1.82, 2.24) is 4.98 Å². The number of halogens is 2. The summed E-state index contributed by atoms with van der Waals surface area (Å²) >= 11 is 9.33. The van der Waals surface area contributed by atoms with E-state index in [4.69, 9.17) is 22.1 Å². The molecule has 5 heteroatoms. The van der Waals surface area contributed by atoms with Crippen molar-refractivity contribution in [2.45, 2.75) is 6.61 Å². The summed E-state index contributed by atoms with van der Waals surface area (Å²) in [5.74, 6) is 0.649. The number of fused-ring (bicyclic) bond motifs is 1. The van der Waals surface area contributed by atoms with E-state index in [-0.39, 0.29) is 0 Å². The topological polar surface area (TPSA) is 48.1 Å². The Morgan fingerprint density at radius 3 is 2.67 bits per heavy atom. The first-order chi connectivity index (χ1) is 10.1. The van der Waals surface area contributed by atoms with Gasteiger partial charge in [-0.3, -0.25) is 4.98 Å². The Morgan fingerprint density at radius 2 is 1.90 bits per heavy atom. The summed E-state index contributed by atoms with van der Waals surface area (Å²) in [5.41, 5.74) is 8.40. The number of aromatic nitrogens is 1. The molecule has 0 radical (unpaired) electrons. The number of rotatable bonds is 3. The number of pyridine rings is 1. The van der Waals surface area contributed by atoms with Crippen molar-refractivity contribution in [2.24, 2.45) is 0 Å². The van der Waals surface area contributed by atoms with E-state index in [1.807, 2.05) is 42.5 Å². The lowest BCUT2D eigenvalue weighted by atomic mass is 10.2. The maximum atomic E-state index is 6.00. The Balaban J connectivity index is 1.94. The highest BCUT2D eigenvalue weighted by atomic mass is 79.9. The SMILES string of the molecule is Nc1cnc2ccc(Br)cc2c1OCc1ccc(Cl)cc1. The Hall–Kier alpha value is -1.78. The number of hydrogen-bond donors (Lipinski definition) is 1. The van der Waals surface area contributed by atoms with Gasteiger partial charge in [-0.1, -0.05) is 39.7 Å². The Kier molecular flexibility index (Phi) is 3.99. The standard InChI is InChI=1S/C16H12BrClN2O/c17-11-3-6-15-13(7-11)16(14(19)8-20-15)21-9-10-1-4-12(18)5-2-10/h1-8H,9,19H2. The highest BCUT2D eigenvalue weighted by molar-refractivity contribution is 9.10. The molecule has 0 saturated heterocycles. The smallest absolute Gasteiger partial charge is 0.153 e. The van der Waals surface area contributed by atoms with Gasteiger partial charge in [-0.05, 0) is 35.9 Å². The molecule has 0 amide bonds. The predicted octanol–water partition coefficient (Wildman–Crippen LogP) is 4.81. The second-order valence-electron chi connectivity index (χ2n) is 4.62. The quantitative estimate of drug-likeness (QED) is 0.726. The molecular formula is C16H12BrClN2O. The number of nitrogens with two attached hydrogens (primary N) is 1. The van der Waals surface area contributed by atoms with Crippen molar-refractivity contribution in [1.29, 1.82) is 0 Å². The molecule has 1 heterocycles. The van der Waals surface area contributed by atoms with Gasteiger partial charge in [0, 0.05) is 14.9 Å². The molecular weight excluding hydrogens is 352 g/mol. The number of ether oxygens (including phenoxy) is 1. The van der Waals surface area contributed by atoms with Crippen molar-refractivity contribution < 1.29 is 4.74 Å². The zero-order valence-electron chi connectivity index (χ0n) is 11.0. The normalized spacial score (nSPS) is 10.8. The molecule has 2 aromatic carbocycles. The van der Waals surface area contributed by atoms with Crippen LogP contribution in [-0.2, 0) is 6.61 Å². The van der Waals surface area contributed by atoms with Gasteiger partial charge in [-0.2, -0.15) is 0 Å². The summed E-state index contributed by atoms with van der Waals surface area (Å²) in [6.07, 6.45) is 1.62. The van der Waals surface area contributed by atoms with Gasteiger partial charge in [0.1, 0.15) is 6.61 Å². The zero-order chi connectivity index (χ0) is 14.8. The summed E-state index contributed by atoms with van der Waals surface area (Å²) in [6.45, 7) is 0.424. The van der Waals surface area contributed by atoms with Crippen molar-refractivity contribution >= 4 is 44.1 Å². The molecule has 106 valence electrons. The third-order valence-electron chi connectivity index (χ3n) is 3.10. The Labute approximate surface area is 135 Å². The van der Waals surface area contributed by atoms with Gasteiger partial charge in [-0.25, -0.2) is 0 Å². The first-order valence-corrected chi connectivity index (χ1v) is 7.51. The lowest BCUT2D eigenvalue weighted by molar-refractivity contribution is 0.311. The monoisotopic (exact) mass is 362 g/mol. The Morgan fingerprint density at radius 1 is 1.14 bits per heavy atom. The first kappa shape index (κ1) is 14.2. The molecule has 0 saturated carbocycles. The molecule has 3 rings (SSSR count). The van der Waals surface area contributed by atoms with Crippen LogP contribution in [0, 0.1) is 0 Å². The van der Waals surface area contributed by atoms with E-state index >= 15 is 0 Å². The maximum absolute atomic E-state index is 6.00. The van der Waals surface area contributed by atoms with E-state index in [0.717, 1.165) is 20.9 Å². The average molecular weight is 364 g/mol. The molecule has 3 nitrogen and oxygen atoms in total. The fourth-order valence-corrected chi connectivity index (χ4v) is 2.54. The molecule has 21 heavy (non-hydrogen) atoms. The van der Waals surface area contributed by atoms with Gasteiger partial charge in [0.05, 0.1) is 17.4 Å². The van der Waals surface area contributed by atoms with Gasteiger partial charge in [0.15, 0.2) is 5.75 Å². The maximum Gasteiger partial charge on any atom is 0.153 e. The van der Waals surface area contributed by atoms with E-state index < -0.39 is 0 Å². The minimum atomic E-state index is 0.424. The largest absolute Gasteiger partial charge is 0.486 e. The highest BCUT2D eigenvalue weighted by Crippen LogP contribution is 2.32. The second kappa shape index (κ2) is 5.92. The van der Waals surface area contributed by atoms with Crippen LogP contribution in [0.1, 0.15) is 5.56 Å². The molecule has 1 aromatic heterocycles. The van der Waals surface area contributed by atoms with Crippen molar-refractivity contribution in [3.05, 3.63) is 63.7 Å². The van der Waals surface area contributed by atoms with Crippen LogP contribution in [0.5, 0.6) is 5.75 Å². The number of nitrogens with zero attached hydrogens (tertiary/aromatic N) is 1. The molecule has 0 aliphatic carbocycles. The zero-order valence-corrected chi connectivity index (χ0v) is 13.4. The van der Waals surface area contributed by atoms with Crippen LogP contribution < -0.4 is 10.5 Å². The third kappa shape index (κ3) is 3.12. The van der Waals surface area contributed by atoms with Crippen LogP contribution >= 0.6 is 27.5 Å². The second-order valence-corrected chi connectivity index (χ2v) is 5.97. The molecule has 3 aromatic rings. The van der Waals surface area contributed by atoms with Crippen LogP contribution in [0.3, 0.4) is 0 Å². The third-order valence-corrected chi connectivity index (χ3v) is 3.85. The number of hydrogen-bond acceptors (Lipinski definition) is 3. The molecule has 0 aliphatic heterocycles. The van der Waals surface area contributed by atoms with Gasteiger partial charge in [-0.15, -0.1) is 0 Å². The number of benzene rings is 2. The Bertz CT molecular complexity index is 785. The van der Waals surface area contributed by atoms with Crippen molar-refractivity contribution in [3.8, 4) is 5.75 Å². The molecule has 0 spiro atoms. The number of nitrogen functional groups attached to an aromatic ring is 1. The molecule has 0 bridgehead atoms. The lowest BCUT2D eigenvalue weighted by Gasteiger charge is -2.12. The van der Waals surface area contributed by atoms with Gasteiger partial charge >= 0.3 is 0 Å². The number of anilines is 1. The summed E-state index contributed by atoms with van der Waals surface area (Å²) in [7, 11) is 0. The fraction of sp³-hybridized carbons (Fsp3) is 0.0625. The van der Waals surface area contributed by atoms with Crippen LogP contribution in [0.25, 0.3) is 10.9 Å². The van der Waals surface area contributed by atoms with Crippen LogP contribution in [0.4, 0.5) is 5.69 Å². The molecule has 2 N–H and O–H groups in total. The summed E-state index contributed by atoms with van der Waals surface area (Å²) in [4.78, 5) is 4.31. The first-order valence-electron chi connectivity index (χ1n) is 6.34. The van der Waals surface area contributed by atoms with E-state index in [1.54, 1.807) is 6.20 Å². The van der Waals surface area contributed by atoms with E-state index in [9.17, 15) is 0 Å². The van der Waals surface area contributed by atoms with E-state index in [2.05, 4.69) is 20.9 Å². The minimum absolute atomic E-state index is 0.424. The van der Waals surface area contributed by atoms with Crippen LogP contribution in [0.2, 0.25) is 5.02 Å². The minimum Gasteiger partial charge on any atom is -0.486 e. The molecule has 0 aliphatic rings. The van der Waals surface area contributed by atoms with Crippen LogP contribution in [-0.4, -0.2) is 4.98 Å². The molecule has 0 fully saturated rings. The molecule has 0 unspecified atom stereocenters. The predicted molar refractivity (Wildman–Crippen MR) is 89.6 cm³/mol. The summed E-state index contributed by atoms with van der Waals surface area (Å²) < 4.78 is 6.86.